The lowest BCUT2D eigenvalue weighted by Crippen LogP contribution is -2.10. The van der Waals surface area contributed by atoms with Crippen LogP contribution in [0, 0.1) is 11.3 Å². The molecule has 4 heteroatoms. The molecule has 1 aromatic carbocycles. The third kappa shape index (κ3) is 2.94. The normalized spacial score (nSPS) is 11.1. The van der Waals surface area contributed by atoms with E-state index >= 15 is 0 Å². The smallest absolute Gasteiger partial charge is 0.115 e. The van der Waals surface area contributed by atoms with Gasteiger partial charge in [0.1, 0.15) is 5.75 Å². The van der Waals surface area contributed by atoms with Gasteiger partial charge < -0.3 is 10.8 Å². The Morgan fingerprint density at radius 3 is 2.69 bits per heavy atom. The fourth-order valence-electron chi connectivity index (χ4n) is 1.00. The van der Waals surface area contributed by atoms with Crippen molar-refractivity contribution in [3.63, 3.8) is 0 Å². The summed E-state index contributed by atoms with van der Waals surface area (Å²) in [5.41, 5.74) is 6.13. The molecule has 0 radical (unpaired) electrons. The van der Waals surface area contributed by atoms with Gasteiger partial charge in [0.25, 0.3) is 0 Å². The van der Waals surface area contributed by atoms with Crippen molar-refractivity contribution in [3.05, 3.63) is 29.8 Å². The molecule has 1 atom stereocenters. The largest absolute Gasteiger partial charge is 0.508 e. The number of halogens is 1. The minimum atomic E-state index is -0.322. The highest BCUT2D eigenvalue weighted by Crippen LogP contribution is 2.18. The summed E-state index contributed by atoms with van der Waals surface area (Å²) in [4.78, 5) is 0. The summed E-state index contributed by atoms with van der Waals surface area (Å²) in [5, 5.41) is 17.8. The van der Waals surface area contributed by atoms with Gasteiger partial charge >= 0.3 is 0 Å². The Bertz CT molecular complexity index is 309. The number of phenols is 1. The van der Waals surface area contributed by atoms with Crippen LogP contribution in [0.5, 0.6) is 5.75 Å². The first-order valence-corrected chi connectivity index (χ1v) is 3.66. The molecule has 3 nitrogen and oxygen atoms in total. The number of nitrogens with zero attached hydrogens (tertiary/aromatic N) is 1. The van der Waals surface area contributed by atoms with Crippen LogP contribution < -0.4 is 5.73 Å². The van der Waals surface area contributed by atoms with E-state index in [2.05, 4.69) is 6.07 Å². The van der Waals surface area contributed by atoms with E-state index in [1.54, 1.807) is 24.3 Å². The molecule has 0 heterocycles. The van der Waals surface area contributed by atoms with Gasteiger partial charge in [-0.05, 0) is 17.7 Å². The number of rotatable bonds is 2. The second kappa shape index (κ2) is 5.41. The van der Waals surface area contributed by atoms with E-state index in [9.17, 15) is 0 Å². The highest BCUT2D eigenvalue weighted by Gasteiger charge is 2.07. The second-order valence-electron chi connectivity index (χ2n) is 2.51. The van der Waals surface area contributed by atoms with Crippen LogP contribution in [-0.4, -0.2) is 11.7 Å². The van der Waals surface area contributed by atoms with Crippen LogP contribution in [0.25, 0.3) is 0 Å². The molecular formula is C9H11ClN2O. The van der Waals surface area contributed by atoms with Crippen LogP contribution >= 0.6 is 12.4 Å². The molecule has 0 aliphatic rings. The standard InChI is InChI=1S/C9H10N2O.ClH/c10-5-8(6-11)7-2-1-3-9(12)4-7;/h1-4,8,12H,5,10H2;1H. The van der Waals surface area contributed by atoms with E-state index in [0.29, 0.717) is 0 Å². The summed E-state index contributed by atoms with van der Waals surface area (Å²) in [6.45, 7) is 0.278. The first-order valence-electron chi connectivity index (χ1n) is 3.66. The molecular weight excluding hydrogens is 188 g/mol. The maximum absolute atomic E-state index is 9.10. The monoisotopic (exact) mass is 198 g/mol. The summed E-state index contributed by atoms with van der Waals surface area (Å²) < 4.78 is 0. The Kier molecular flexibility index (Phi) is 4.90. The summed E-state index contributed by atoms with van der Waals surface area (Å²) >= 11 is 0. The lowest BCUT2D eigenvalue weighted by Gasteiger charge is -2.05. The number of hydrogen-bond donors (Lipinski definition) is 2. The minimum Gasteiger partial charge on any atom is -0.508 e. The van der Waals surface area contributed by atoms with Crippen LogP contribution in [0.3, 0.4) is 0 Å². The van der Waals surface area contributed by atoms with Gasteiger partial charge in [-0.15, -0.1) is 12.4 Å². The SMILES string of the molecule is Cl.N#CC(CN)c1cccc(O)c1. The van der Waals surface area contributed by atoms with E-state index in [1.165, 1.54) is 0 Å². The van der Waals surface area contributed by atoms with E-state index in [-0.39, 0.29) is 30.6 Å². The second-order valence-corrected chi connectivity index (χ2v) is 2.51. The highest BCUT2D eigenvalue weighted by atomic mass is 35.5. The molecule has 0 spiro atoms. The Balaban J connectivity index is 0.00000144. The van der Waals surface area contributed by atoms with Crippen LogP contribution in [0.1, 0.15) is 11.5 Å². The van der Waals surface area contributed by atoms with E-state index in [0.717, 1.165) is 5.56 Å². The molecule has 0 aromatic heterocycles. The van der Waals surface area contributed by atoms with Crippen molar-refractivity contribution in [2.75, 3.05) is 6.54 Å². The topological polar surface area (TPSA) is 70.0 Å². The van der Waals surface area contributed by atoms with E-state index in [4.69, 9.17) is 16.1 Å². The Labute approximate surface area is 83.2 Å². The molecule has 70 valence electrons. The number of hydrogen-bond acceptors (Lipinski definition) is 3. The van der Waals surface area contributed by atoms with E-state index in [1.807, 2.05) is 0 Å². The zero-order chi connectivity index (χ0) is 8.97. The zero-order valence-corrected chi connectivity index (χ0v) is 7.79. The molecule has 0 fully saturated rings. The third-order valence-corrected chi connectivity index (χ3v) is 1.66. The average molecular weight is 199 g/mol. The molecule has 13 heavy (non-hydrogen) atoms. The van der Waals surface area contributed by atoms with Gasteiger partial charge in [-0.1, -0.05) is 12.1 Å². The van der Waals surface area contributed by atoms with Gasteiger partial charge in [-0.2, -0.15) is 5.26 Å². The molecule has 0 saturated heterocycles. The summed E-state index contributed by atoms with van der Waals surface area (Å²) in [6.07, 6.45) is 0. The van der Waals surface area contributed by atoms with Gasteiger partial charge in [-0.25, -0.2) is 0 Å². The first-order chi connectivity index (χ1) is 5.77. The Morgan fingerprint density at radius 1 is 1.54 bits per heavy atom. The lowest BCUT2D eigenvalue weighted by atomic mass is 10.0. The minimum absolute atomic E-state index is 0. The van der Waals surface area contributed by atoms with E-state index < -0.39 is 0 Å². The Morgan fingerprint density at radius 2 is 2.23 bits per heavy atom. The van der Waals surface area contributed by atoms with Crippen LogP contribution in [0.15, 0.2) is 24.3 Å². The average Bonchev–Trinajstić information content (AvgIpc) is 2.07. The first kappa shape index (κ1) is 11.8. The van der Waals surface area contributed by atoms with Gasteiger partial charge in [0.15, 0.2) is 0 Å². The molecule has 1 unspecified atom stereocenters. The van der Waals surface area contributed by atoms with Gasteiger partial charge in [0, 0.05) is 6.54 Å². The molecule has 0 bridgehead atoms. The zero-order valence-electron chi connectivity index (χ0n) is 6.97. The quantitative estimate of drug-likeness (QED) is 0.754. The predicted octanol–water partition coefficient (Wildman–Crippen LogP) is 1.38. The highest BCUT2D eigenvalue weighted by molar-refractivity contribution is 5.85. The van der Waals surface area contributed by atoms with Crippen LogP contribution in [-0.2, 0) is 0 Å². The van der Waals surface area contributed by atoms with Crippen molar-refractivity contribution in [2.45, 2.75) is 5.92 Å². The van der Waals surface area contributed by atoms with Crippen molar-refractivity contribution in [2.24, 2.45) is 5.73 Å². The molecule has 0 aliphatic carbocycles. The number of aromatic hydroxyl groups is 1. The number of nitriles is 1. The number of benzene rings is 1. The summed E-state index contributed by atoms with van der Waals surface area (Å²) in [7, 11) is 0. The number of phenolic OH excluding ortho intramolecular Hbond substituents is 1. The van der Waals surface area contributed by atoms with Crippen molar-refractivity contribution in [1.29, 1.82) is 5.26 Å². The summed E-state index contributed by atoms with van der Waals surface area (Å²) in [5.74, 6) is -0.154. The summed E-state index contributed by atoms with van der Waals surface area (Å²) in [6, 6.07) is 8.66. The number of nitrogens with two attached hydrogens (primary N) is 1. The third-order valence-electron chi connectivity index (χ3n) is 1.66. The molecule has 3 N–H and O–H groups in total. The molecule has 0 aliphatic heterocycles. The van der Waals surface area contributed by atoms with Crippen LogP contribution in [0.4, 0.5) is 0 Å². The van der Waals surface area contributed by atoms with Crippen molar-refractivity contribution in [1.82, 2.24) is 0 Å². The maximum atomic E-state index is 9.10. The van der Waals surface area contributed by atoms with Crippen molar-refractivity contribution in [3.8, 4) is 11.8 Å². The van der Waals surface area contributed by atoms with Gasteiger partial charge in [-0.3, -0.25) is 0 Å². The fraction of sp³-hybridized carbons (Fsp3) is 0.222. The lowest BCUT2D eigenvalue weighted by molar-refractivity contribution is 0.474. The van der Waals surface area contributed by atoms with Crippen LogP contribution in [0.2, 0.25) is 0 Å². The van der Waals surface area contributed by atoms with Gasteiger partial charge in [0.2, 0.25) is 0 Å². The predicted molar refractivity (Wildman–Crippen MR) is 52.8 cm³/mol. The van der Waals surface area contributed by atoms with Gasteiger partial charge in [0.05, 0.1) is 12.0 Å². The molecule has 0 amide bonds. The molecule has 1 rings (SSSR count). The van der Waals surface area contributed by atoms with Crippen molar-refractivity contribution >= 4 is 12.4 Å². The maximum Gasteiger partial charge on any atom is 0.115 e. The van der Waals surface area contributed by atoms with Crippen molar-refractivity contribution < 1.29 is 5.11 Å². The molecule has 0 saturated carbocycles. The molecule has 1 aromatic rings. The Hall–Kier alpha value is -1.24. The fourth-order valence-corrected chi connectivity index (χ4v) is 1.00.